The fourth-order valence-corrected chi connectivity index (χ4v) is 4.00. The molecule has 0 aliphatic carbocycles. The highest BCUT2D eigenvalue weighted by molar-refractivity contribution is 5.99. The number of hydrogen-bond donors (Lipinski definition) is 3. The molecule has 3 N–H and O–H groups in total. The summed E-state index contributed by atoms with van der Waals surface area (Å²) in [4.78, 5) is 23.9. The van der Waals surface area contributed by atoms with E-state index < -0.39 is 0 Å². The van der Waals surface area contributed by atoms with Crippen LogP contribution < -0.4 is 20.9 Å². The van der Waals surface area contributed by atoms with Gasteiger partial charge in [-0.2, -0.15) is 4.98 Å². The van der Waals surface area contributed by atoms with Gasteiger partial charge in [0.15, 0.2) is 0 Å². The maximum absolute atomic E-state index is 12.3. The molecule has 1 fully saturated rings. The molecular formula is C25H30N6O. The number of anilines is 5. The monoisotopic (exact) mass is 430 g/mol. The lowest BCUT2D eigenvalue weighted by Gasteiger charge is -2.28. The van der Waals surface area contributed by atoms with Gasteiger partial charge in [-0.25, -0.2) is 9.78 Å². The minimum absolute atomic E-state index is 0.274. The Balaban J connectivity index is 1.38. The van der Waals surface area contributed by atoms with E-state index in [2.05, 4.69) is 31.9 Å². The molecule has 1 aromatic heterocycles. The quantitative estimate of drug-likeness (QED) is 0.478. The first kappa shape index (κ1) is 21.6. The molecule has 166 valence electrons. The lowest BCUT2D eigenvalue weighted by atomic mass is 10.1. The molecule has 7 heteroatoms. The van der Waals surface area contributed by atoms with Crippen molar-refractivity contribution in [1.82, 2.24) is 9.97 Å². The number of amides is 2. The molecule has 1 aliphatic heterocycles. The number of piperidine rings is 1. The largest absolute Gasteiger partial charge is 0.356 e. The van der Waals surface area contributed by atoms with Crippen LogP contribution in [0.25, 0.3) is 0 Å². The predicted octanol–water partition coefficient (Wildman–Crippen LogP) is 5.78. The average molecular weight is 431 g/mol. The zero-order chi connectivity index (χ0) is 22.5. The van der Waals surface area contributed by atoms with Gasteiger partial charge in [-0.3, -0.25) is 0 Å². The second-order valence-electron chi connectivity index (χ2n) is 8.40. The Hall–Kier alpha value is -3.61. The van der Waals surface area contributed by atoms with Crippen molar-refractivity contribution in [3.63, 3.8) is 0 Å². The normalized spacial score (nSPS) is 13.5. The number of nitrogens with one attached hydrogen (secondary N) is 3. The summed E-state index contributed by atoms with van der Waals surface area (Å²) < 4.78 is 0. The van der Waals surface area contributed by atoms with E-state index in [1.807, 2.05) is 63.2 Å². The predicted molar refractivity (Wildman–Crippen MR) is 131 cm³/mol. The highest BCUT2D eigenvalue weighted by Crippen LogP contribution is 2.22. The Kier molecular flexibility index (Phi) is 6.54. The molecule has 0 atom stereocenters. The van der Waals surface area contributed by atoms with Gasteiger partial charge in [-0.05, 0) is 87.6 Å². The smallest absolute Gasteiger partial charge is 0.323 e. The maximum Gasteiger partial charge on any atom is 0.323 e. The molecule has 2 amide bonds. The second kappa shape index (κ2) is 9.68. The van der Waals surface area contributed by atoms with Crippen LogP contribution in [0.15, 0.2) is 48.5 Å². The van der Waals surface area contributed by atoms with E-state index in [9.17, 15) is 4.79 Å². The van der Waals surface area contributed by atoms with Gasteiger partial charge in [-0.1, -0.05) is 6.07 Å². The average Bonchev–Trinajstić information content (AvgIpc) is 2.74. The SMILES string of the molecule is Cc1cc(C)cc(NC(=O)Nc2ccc(Nc3nc(C)cc(N4CCCCC4)n3)cc2)c1. The first-order chi connectivity index (χ1) is 15.4. The Bertz CT molecular complexity index is 1070. The van der Waals surface area contributed by atoms with Crippen molar-refractivity contribution in [1.29, 1.82) is 0 Å². The third-order valence-corrected chi connectivity index (χ3v) is 5.40. The van der Waals surface area contributed by atoms with Crippen LogP contribution in [0, 0.1) is 20.8 Å². The summed E-state index contributed by atoms with van der Waals surface area (Å²) in [7, 11) is 0. The summed E-state index contributed by atoms with van der Waals surface area (Å²) in [5.41, 5.74) is 5.50. The van der Waals surface area contributed by atoms with Crippen LogP contribution in [0.1, 0.15) is 36.1 Å². The van der Waals surface area contributed by atoms with Crippen molar-refractivity contribution >= 4 is 34.9 Å². The number of carbonyl (C=O) groups is 1. The maximum atomic E-state index is 12.3. The van der Waals surface area contributed by atoms with E-state index in [1.165, 1.54) is 19.3 Å². The summed E-state index contributed by atoms with van der Waals surface area (Å²) in [6.45, 7) is 8.09. The van der Waals surface area contributed by atoms with Crippen molar-refractivity contribution in [2.24, 2.45) is 0 Å². The van der Waals surface area contributed by atoms with Gasteiger partial charge >= 0.3 is 6.03 Å². The van der Waals surface area contributed by atoms with Gasteiger partial charge < -0.3 is 20.9 Å². The number of aryl methyl sites for hydroxylation is 3. The third kappa shape index (κ3) is 5.75. The van der Waals surface area contributed by atoms with Crippen LogP contribution in [0.2, 0.25) is 0 Å². The highest BCUT2D eigenvalue weighted by Gasteiger charge is 2.14. The van der Waals surface area contributed by atoms with Crippen LogP contribution >= 0.6 is 0 Å². The summed E-state index contributed by atoms with van der Waals surface area (Å²) in [6, 6.07) is 15.2. The molecule has 7 nitrogen and oxygen atoms in total. The van der Waals surface area contributed by atoms with Crippen molar-refractivity contribution in [3.8, 4) is 0 Å². The number of urea groups is 1. The highest BCUT2D eigenvalue weighted by atomic mass is 16.2. The molecule has 0 unspecified atom stereocenters. The molecule has 1 aliphatic rings. The molecule has 0 bridgehead atoms. The van der Waals surface area contributed by atoms with Crippen LogP contribution in [0.5, 0.6) is 0 Å². The minimum atomic E-state index is -0.274. The number of carbonyl (C=O) groups excluding carboxylic acids is 1. The van der Waals surface area contributed by atoms with Crippen molar-refractivity contribution in [3.05, 3.63) is 65.4 Å². The van der Waals surface area contributed by atoms with Gasteiger partial charge in [0, 0.05) is 41.9 Å². The molecule has 32 heavy (non-hydrogen) atoms. The van der Waals surface area contributed by atoms with Gasteiger partial charge in [0.1, 0.15) is 5.82 Å². The van der Waals surface area contributed by atoms with Gasteiger partial charge in [-0.15, -0.1) is 0 Å². The van der Waals surface area contributed by atoms with Crippen LogP contribution in [-0.2, 0) is 0 Å². The number of nitrogens with zero attached hydrogens (tertiary/aromatic N) is 3. The number of hydrogen-bond acceptors (Lipinski definition) is 5. The van der Waals surface area contributed by atoms with Crippen LogP contribution in [0.3, 0.4) is 0 Å². The Morgan fingerprint density at radius 3 is 2.09 bits per heavy atom. The van der Waals surface area contributed by atoms with Crippen LogP contribution in [-0.4, -0.2) is 29.1 Å². The fraction of sp³-hybridized carbons (Fsp3) is 0.320. The molecule has 0 radical (unpaired) electrons. The lowest BCUT2D eigenvalue weighted by molar-refractivity contribution is 0.262. The molecule has 3 aromatic rings. The Morgan fingerprint density at radius 1 is 0.781 bits per heavy atom. The molecule has 0 spiro atoms. The summed E-state index contributed by atoms with van der Waals surface area (Å²) >= 11 is 0. The third-order valence-electron chi connectivity index (χ3n) is 5.40. The lowest BCUT2D eigenvalue weighted by Crippen LogP contribution is -2.30. The minimum Gasteiger partial charge on any atom is -0.356 e. The first-order valence-corrected chi connectivity index (χ1v) is 11.1. The van der Waals surface area contributed by atoms with E-state index in [0.29, 0.717) is 11.6 Å². The van der Waals surface area contributed by atoms with Crippen molar-refractivity contribution in [2.45, 2.75) is 40.0 Å². The molecule has 4 rings (SSSR count). The molecule has 1 saturated heterocycles. The number of aromatic nitrogens is 2. The summed E-state index contributed by atoms with van der Waals surface area (Å²) in [5.74, 6) is 1.56. The van der Waals surface area contributed by atoms with E-state index in [4.69, 9.17) is 4.98 Å². The van der Waals surface area contributed by atoms with E-state index >= 15 is 0 Å². The molecule has 2 aromatic carbocycles. The first-order valence-electron chi connectivity index (χ1n) is 11.1. The Morgan fingerprint density at radius 2 is 1.41 bits per heavy atom. The molecule has 2 heterocycles. The second-order valence-corrected chi connectivity index (χ2v) is 8.40. The standard InChI is InChI=1S/C25H30N6O/c1-17-13-18(2)15-22(14-17)29-25(32)28-21-9-7-20(8-10-21)27-24-26-19(3)16-23(30-24)31-11-5-4-6-12-31/h7-10,13-16H,4-6,11-12H2,1-3H3,(H,26,27,30)(H2,28,29,32). The molecule has 0 saturated carbocycles. The zero-order valence-electron chi connectivity index (χ0n) is 18.9. The van der Waals surface area contributed by atoms with Gasteiger partial charge in [0.05, 0.1) is 0 Å². The Labute approximate surface area is 189 Å². The van der Waals surface area contributed by atoms with Gasteiger partial charge in [0.2, 0.25) is 5.95 Å². The van der Waals surface area contributed by atoms with Crippen molar-refractivity contribution in [2.75, 3.05) is 33.9 Å². The van der Waals surface area contributed by atoms with E-state index in [0.717, 1.165) is 47.1 Å². The van der Waals surface area contributed by atoms with Gasteiger partial charge in [0.25, 0.3) is 0 Å². The topological polar surface area (TPSA) is 82.2 Å². The van der Waals surface area contributed by atoms with Crippen molar-refractivity contribution < 1.29 is 4.79 Å². The van der Waals surface area contributed by atoms with Crippen LogP contribution in [0.4, 0.5) is 33.6 Å². The fourth-order valence-electron chi connectivity index (χ4n) is 4.00. The van der Waals surface area contributed by atoms with E-state index in [-0.39, 0.29) is 6.03 Å². The summed E-state index contributed by atoms with van der Waals surface area (Å²) in [6.07, 6.45) is 3.70. The molecular weight excluding hydrogens is 400 g/mol. The number of benzene rings is 2. The zero-order valence-corrected chi connectivity index (χ0v) is 18.9. The number of rotatable bonds is 5. The van der Waals surface area contributed by atoms with E-state index in [1.54, 1.807) is 0 Å². The summed E-state index contributed by atoms with van der Waals surface area (Å²) in [5, 5.41) is 9.03.